The second kappa shape index (κ2) is 9.39. The number of alkyl carbamates (subject to hydrolysis) is 1. The summed E-state index contributed by atoms with van der Waals surface area (Å²) in [5.41, 5.74) is -0.602. The van der Waals surface area contributed by atoms with E-state index in [0.717, 1.165) is 25.7 Å². The van der Waals surface area contributed by atoms with Crippen molar-refractivity contribution in [2.24, 2.45) is 0 Å². The maximum atomic E-state index is 11.6. The fourth-order valence-corrected chi connectivity index (χ4v) is 1.49. The van der Waals surface area contributed by atoms with Crippen LogP contribution in [-0.4, -0.2) is 30.8 Å². The third kappa shape index (κ3) is 9.42. The molecule has 0 aliphatic rings. The van der Waals surface area contributed by atoms with Crippen LogP contribution in [-0.2, 0) is 14.3 Å². The van der Waals surface area contributed by atoms with Crippen molar-refractivity contribution in [2.45, 2.75) is 65.0 Å². The van der Waals surface area contributed by atoms with Crippen molar-refractivity contribution in [3.8, 4) is 0 Å². The van der Waals surface area contributed by atoms with Gasteiger partial charge in [0.25, 0.3) is 0 Å². The number of amides is 1. The summed E-state index contributed by atoms with van der Waals surface area (Å²) in [5, 5.41) is 2.49. The van der Waals surface area contributed by atoms with Crippen LogP contribution in [0, 0.1) is 0 Å². The predicted molar refractivity (Wildman–Crippen MR) is 78.5 cm³/mol. The topological polar surface area (TPSA) is 64.6 Å². The van der Waals surface area contributed by atoms with Gasteiger partial charge in [0.2, 0.25) is 0 Å². The summed E-state index contributed by atoms with van der Waals surface area (Å²) in [7, 11) is 1.29. The maximum absolute atomic E-state index is 11.6. The number of ether oxygens (including phenoxy) is 2. The van der Waals surface area contributed by atoms with Crippen molar-refractivity contribution >= 4 is 12.1 Å². The molecule has 0 aromatic heterocycles. The van der Waals surface area contributed by atoms with Crippen molar-refractivity contribution in [1.82, 2.24) is 5.32 Å². The van der Waals surface area contributed by atoms with Crippen LogP contribution in [0.3, 0.4) is 0 Å². The molecule has 5 heteroatoms. The van der Waals surface area contributed by atoms with E-state index in [1.807, 2.05) is 6.08 Å². The van der Waals surface area contributed by atoms with E-state index in [4.69, 9.17) is 4.74 Å². The lowest BCUT2D eigenvalue weighted by Crippen LogP contribution is -2.42. The Morgan fingerprint density at radius 1 is 1.25 bits per heavy atom. The van der Waals surface area contributed by atoms with Crippen LogP contribution >= 0.6 is 0 Å². The van der Waals surface area contributed by atoms with Crippen molar-refractivity contribution in [3.63, 3.8) is 0 Å². The molecule has 20 heavy (non-hydrogen) atoms. The number of methoxy groups -OCH3 is 1. The highest BCUT2D eigenvalue weighted by atomic mass is 16.6. The largest absolute Gasteiger partial charge is 0.467 e. The third-order valence-corrected chi connectivity index (χ3v) is 2.43. The van der Waals surface area contributed by atoms with Crippen LogP contribution in [0.4, 0.5) is 4.79 Å². The van der Waals surface area contributed by atoms with E-state index in [-0.39, 0.29) is 0 Å². The van der Waals surface area contributed by atoms with Crippen LogP contribution in [0.5, 0.6) is 0 Å². The molecule has 1 N–H and O–H groups in total. The van der Waals surface area contributed by atoms with Crippen molar-refractivity contribution in [1.29, 1.82) is 0 Å². The van der Waals surface area contributed by atoms with E-state index in [1.165, 1.54) is 7.11 Å². The Morgan fingerprint density at radius 2 is 1.90 bits per heavy atom. The molecular weight excluding hydrogens is 258 g/mol. The minimum atomic E-state index is -0.809. The van der Waals surface area contributed by atoms with E-state index in [0.29, 0.717) is 0 Å². The first-order chi connectivity index (χ1) is 9.30. The number of allylic oxidation sites excluding steroid dienone is 1. The standard InChI is InChI=1S/C15H27NO4/c1-6-7-8-9-10-11-12(13(17)19-5)16-14(18)20-15(2,3)4/h10-12H,6-9H2,1-5H3,(H,16,18)/b11-10+/t12-/m0/s1. The van der Waals surface area contributed by atoms with Gasteiger partial charge in [-0.25, -0.2) is 9.59 Å². The van der Waals surface area contributed by atoms with Gasteiger partial charge >= 0.3 is 12.1 Å². The maximum Gasteiger partial charge on any atom is 0.408 e. The van der Waals surface area contributed by atoms with E-state index in [1.54, 1.807) is 26.8 Å². The van der Waals surface area contributed by atoms with Gasteiger partial charge < -0.3 is 14.8 Å². The summed E-state index contributed by atoms with van der Waals surface area (Å²) in [6.07, 6.45) is 7.12. The molecule has 0 heterocycles. The summed E-state index contributed by atoms with van der Waals surface area (Å²) < 4.78 is 9.78. The Hall–Kier alpha value is -1.52. The molecule has 0 unspecified atom stereocenters. The molecule has 0 aromatic carbocycles. The number of hydrogen-bond donors (Lipinski definition) is 1. The Balaban J connectivity index is 4.42. The van der Waals surface area contributed by atoms with Gasteiger partial charge in [-0.15, -0.1) is 0 Å². The van der Waals surface area contributed by atoms with Gasteiger partial charge in [-0.05, 0) is 33.6 Å². The molecule has 0 fully saturated rings. The van der Waals surface area contributed by atoms with Gasteiger partial charge in [0.05, 0.1) is 7.11 Å². The van der Waals surface area contributed by atoms with Gasteiger partial charge in [0.15, 0.2) is 0 Å². The van der Waals surface area contributed by atoms with Gasteiger partial charge in [-0.2, -0.15) is 0 Å². The van der Waals surface area contributed by atoms with Crippen LogP contribution < -0.4 is 5.32 Å². The third-order valence-electron chi connectivity index (χ3n) is 2.43. The predicted octanol–water partition coefficient (Wildman–Crippen LogP) is 3.19. The Labute approximate surface area is 121 Å². The molecule has 116 valence electrons. The number of nitrogens with one attached hydrogen (secondary N) is 1. The lowest BCUT2D eigenvalue weighted by molar-refractivity contribution is -0.141. The lowest BCUT2D eigenvalue weighted by atomic mass is 10.1. The van der Waals surface area contributed by atoms with E-state index < -0.39 is 23.7 Å². The van der Waals surface area contributed by atoms with Crippen molar-refractivity contribution in [2.75, 3.05) is 7.11 Å². The highest BCUT2D eigenvalue weighted by Crippen LogP contribution is 2.07. The van der Waals surface area contributed by atoms with E-state index in [9.17, 15) is 9.59 Å². The van der Waals surface area contributed by atoms with Crippen molar-refractivity contribution < 1.29 is 19.1 Å². The molecule has 1 atom stereocenters. The summed E-state index contributed by atoms with van der Waals surface area (Å²) in [5.74, 6) is -0.511. The van der Waals surface area contributed by atoms with E-state index in [2.05, 4.69) is 17.0 Å². The average Bonchev–Trinajstić information content (AvgIpc) is 2.34. The zero-order valence-corrected chi connectivity index (χ0v) is 13.2. The highest BCUT2D eigenvalue weighted by Gasteiger charge is 2.22. The van der Waals surface area contributed by atoms with Gasteiger partial charge in [-0.1, -0.05) is 31.9 Å². The summed E-state index contributed by atoms with van der Waals surface area (Å²) >= 11 is 0. The lowest BCUT2D eigenvalue weighted by Gasteiger charge is -2.21. The number of carbonyl (C=O) groups is 2. The fraction of sp³-hybridized carbons (Fsp3) is 0.733. The minimum absolute atomic E-state index is 0.511. The molecule has 0 aliphatic carbocycles. The Morgan fingerprint density at radius 3 is 2.40 bits per heavy atom. The number of esters is 1. The molecule has 0 bridgehead atoms. The second-order valence-electron chi connectivity index (χ2n) is 5.57. The number of carbonyl (C=O) groups excluding carboxylic acids is 2. The molecule has 0 spiro atoms. The Bertz CT molecular complexity index is 331. The SMILES string of the molecule is CCCCC/C=C/[C@H](NC(=O)OC(C)(C)C)C(=O)OC. The molecule has 0 aromatic rings. The quantitative estimate of drug-likeness (QED) is 0.443. The number of rotatable bonds is 7. The molecule has 0 aliphatic heterocycles. The smallest absolute Gasteiger partial charge is 0.408 e. The summed E-state index contributed by atoms with van der Waals surface area (Å²) in [6.45, 7) is 7.42. The molecule has 0 saturated carbocycles. The molecule has 1 amide bonds. The molecular formula is C15H27NO4. The molecule has 0 saturated heterocycles. The van der Waals surface area contributed by atoms with Gasteiger partial charge in [0.1, 0.15) is 11.6 Å². The normalized spacial score (nSPS) is 13.1. The van der Waals surface area contributed by atoms with Crippen LogP contribution in [0.15, 0.2) is 12.2 Å². The fourth-order valence-electron chi connectivity index (χ4n) is 1.49. The molecule has 0 radical (unpaired) electrons. The Kier molecular flexibility index (Phi) is 8.68. The molecule has 0 rings (SSSR count). The summed E-state index contributed by atoms with van der Waals surface area (Å²) in [6, 6.07) is -0.809. The van der Waals surface area contributed by atoms with Crippen LogP contribution in [0.1, 0.15) is 53.4 Å². The van der Waals surface area contributed by atoms with Crippen LogP contribution in [0.2, 0.25) is 0 Å². The molecule has 5 nitrogen and oxygen atoms in total. The average molecular weight is 285 g/mol. The first-order valence-electron chi connectivity index (χ1n) is 7.04. The van der Waals surface area contributed by atoms with Crippen molar-refractivity contribution in [3.05, 3.63) is 12.2 Å². The van der Waals surface area contributed by atoms with Gasteiger partial charge in [-0.3, -0.25) is 0 Å². The highest BCUT2D eigenvalue weighted by molar-refractivity contribution is 5.83. The zero-order chi connectivity index (χ0) is 15.6. The zero-order valence-electron chi connectivity index (χ0n) is 13.2. The first-order valence-corrected chi connectivity index (χ1v) is 7.04. The summed E-state index contributed by atoms with van der Waals surface area (Å²) in [4.78, 5) is 23.2. The second-order valence-corrected chi connectivity index (χ2v) is 5.57. The van der Waals surface area contributed by atoms with E-state index >= 15 is 0 Å². The minimum Gasteiger partial charge on any atom is -0.467 e. The van der Waals surface area contributed by atoms with Gasteiger partial charge in [0, 0.05) is 0 Å². The monoisotopic (exact) mass is 285 g/mol. The first kappa shape index (κ1) is 18.5. The van der Waals surface area contributed by atoms with Crippen LogP contribution in [0.25, 0.3) is 0 Å². The number of unbranched alkanes of at least 4 members (excludes halogenated alkanes) is 3. The number of hydrogen-bond acceptors (Lipinski definition) is 4.